The molecule has 7 heteroatoms. The summed E-state index contributed by atoms with van der Waals surface area (Å²) in [7, 11) is -0.306. The van der Waals surface area contributed by atoms with E-state index in [-0.39, 0.29) is 22.8 Å². The van der Waals surface area contributed by atoms with Crippen molar-refractivity contribution in [1.29, 1.82) is 0 Å². The predicted octanol–water partition coefficient (Wildman–Crippen LogP) is 3.95. The fourth-order valence-corrected chi connectivity index (χ4v) is 3.53. The van der Waals surface area contributed by atoms with Crippen molar-refractivity contribution >= 4 is 14.6 Å². The van der Waals surface area contributed by atoms with Gasteiger partial charge in [0.05, 0.1) is 13.2 Å². The molecule has 1 atom stereocenters. The number of aliphatic hydroxyl groups is 1. The van der Waals surface area contributed by atoms with E-state index >= 15 is 0 Å². The smallest absolute Gasteiger partial charge is 0.350 e. The first-order valence-corrected chi connectivity index (χ1v) is 12.4. The number of aldehydes is 1. The molecule has 0 bridgehead atoms. The van der Waals surface area contributed by atoms with Crippen LogP contribution in [-0.4, -0.2) is 39.5 Å². The second-order valence-electron chi connectivity index (χ2n) is 8.42. The van der Waals surface area contributed by atoms with Gasteiger partial charge < -0.3 is 18.7 Å². The molecule has 1 aromatic rings. The number of carbonyl (C=O) groups excluding carboxylic acids is 1. The van der Waals surface area contributed by atoms with Gasteiger partial charge in [0, 0.05) is 19.1 Å². The maximum absolute atomic E-state index is 11.7. The van der Waals surface area contributed by atoms with Crippen molar-refractivity contribution in [3.8, 4) is 5.75 Å². The lowest BCUT2D eigenvalue weighted by molar-refractivity contribution is 0.111. The molecule has 154 valence electrons. The minimum Gasteiger partial charge on any atom is -0.496 e. The molecule has 0 aromatic carbocycles. The number of rotatable bonds is 11. The van der Waals surface area contributed by atoms with Crippen molar-refractivity contribution in [3.05, 3.63) is 27.8 Å². The molecule has 0 aliphatic rings. The van der Waals surface area contributed by atoms with Gasteiger partial charge in [0.15, 0.2) is 14.6 Å². The second-order valence-corrected chi connectivity index (χ2v) is 13.2. The normalized spacial score (nSPS) is 13.4. The van der Waals surface area contributed by atoms with Gasteiger partial charge in [-0.3, -0.25) is 4.79 Å². The average molecular weight is 399 g/mol. The Bertz CT molecular complexity index is 659. The number of hydrogen-bond donors (Lipinski definition) is 1. The van der Waals surface area contributed by atoms with Crippen molar-refractivity contribution in [3.63, 3.8) is 0 Å². The van der Waals surface area contributed by atoms with Crippen LogP contribution in [0.2, 0.25) is 18.1 Å². The Kier molecular flexibility index (Phi) is 8.91. The maximum Gasteiger partial charge on any atom is 0.350 e. The highest BCUT2D eigenvalue weighted by molar-refractivity contribution is 6.74. The molecule has 0 spiro atoms. The Balaban J connectivity index is 2.38. The number of unbranched alkanes of at least 4 members (excludes halogenated alkanes) is 2. The van der Waals surface area contributed by atoms with Crippen LogP contribution in [0.3, 0.4) is 0 Å². The van der Waals surface area contributed by atoms with Crippen LogP contribution in [0.1, 0.15) is 62.6 Å². The van der Waals surface area contributed by atoms with Gasteiger partial charge in [-0.1, -0.05) is 33.6 Å². The van der Waals surface area contributed by atoms with Crippen LogP contribution in [0.4, 0.5) is 0 Å². The van der Waals surface area contributed by atoms with Crippen LogP contribution >= 0.6 is 0 Å². The van der Waals surface area contributed by atoms with E-state index in [0.29, 0.717) is 18.5 Å². The Morgan fingerprint density at radius 3 is 2.48 bits per heavy atom. The van der Waals surface area contributed by atoms with Crippen molar-refractivity contribution in [2.45, 2.75) is 77.1 Å². The first-order valence-electron chi connectivity index (χ1n) is 9.50. The van der Waals surface area contributed by atoms with Crippen LogP contribution < -0.4 is 10.4 Å². The van der Waals surface area contributed by atoms with E-state index in [4.69, 9.17) is 13.6 Å². The van der Waals surface area contributed by atoms with E-state index in [0.717, 1.165) is 25.9 Å². The van der Waals surface area contributed by atoms with Crippen molar-refractivity contribution in [2.24, 2.45) is 0 Å². The molecule has 6 nitrogen and oxygen atoms in total. The van der Waals surface area contributed by atoms with Gasteiger partial charge in [0.2, 0.25) is 0 Å². The summed E-state index contributed by atoms with van der Waals surface area (Å²) in [6.07, 6.45) is 3.44. The largest absolute Gasteiger partial charge is 0.496 e. The molecule has 0 radical (unpaired) electrons. The van der Waals surface area contributed by atoms with Crippen LogP contribution in [0.5, 0.6) is 5.75 Å². The molecule has 0 saturated carbocycles. The summed E-state index contributed by atoms with van der Waals surface area (Å²) in [6.45, 7) is 11.9. The highest BCUT2D eigenvalue weighted by atomic mass is 28.4. The zero-order valence-electron chi connectivity index (χ0n) is 17.5. The Labute approximate surface area is 163 Å². The average Bonchev–Trinajstić information content (AvgIpc) is 2.56. The van der Waals surface area contributed by atoms with Gasteiger partial charge in [-0.15, -0.1) is 0 Å². The van der Waals surface area contributed by atoms with Gasteiger partial charge in [-0.2, -0.15) is 0 Å². The van der Waals surface area contributed by atoms with Crippen LogP contribution in [0.15, 0.2) is 15.3 Å². The highest BCUT2D eigenvalue weighted by Crippen LogP contribution is 2.36. The molecule has 0 aliphatic carbocycles. The molecule has 0 fully saturated rings. The van der Waals surface area contributed by atoms with E-state index in [9.17, 15) is 14.7 Å². The summed E-state index contributed by atoms with van der Waals surface area (Å²) >= 11 is 0. The summed E-state index contributed by atoms with van der Waals surface area (Å²) in [5.74, 6) is 0.488. The molecule has 0 saturated heterocycles. The zero-order chi connectivity index (χ0) is 20.7. The molecular weight excluding hydrogens is 364 g/mol. The number of carbonyl (C=O) groups is 1. The molecule has 1 unspecified atom stereocenters. The van der Waals surface area contributed by atoms with Gasteiger partial charge in [0.25, 0.3) is 0 Å². The molecule has 1 heterocycles. The monoisotopic (exact) mass is 398 g/mol. The third kappa shape index (κ3) is 7.24. The zero-order valence-corrected chi connectivity index (χ0v) is 18.5. The van der Waals surface area contributed by atoms with Gasteiger partial charge >= 0.3 is 5.63 Å². The van der Waals surface area contributed by atoms with Gasteiger partial charge in [-0.25, -0.2) is 4.79 Å². The first-order chi connectivity index (χ1) is 12.5. The number of methoxy groups -OCH3 is 1. The topological polar surface area (TPSA) is 86.0 Å². The fraction of sp³-hybridized carbons (Fsp3) is 0.700. The van der Waals surface area contributed by atoms with E-state index < -0.39 is 20.0 Å². The van der Waals surface area contributed by atoms with Crippen LogP contribution in [0.25, 0.3) is 0 Å². The van der Waals surface area contributed by atoms with Crippen LogP contribution in [0, 0.1) is 0 Å². The maximum atomic E-state index is 11.7. The molecular formula is C20H34O6Si. The third-order valence-electron chi connectivity index (χ3n) is 5.23. The van der Waals surface area contributed by atoms with E-state index in [1.807, 2.05) is 0 Å². The second kappa shape index (κ2) is 10.2. The minimum absolute atomic E-state index is 0.141. The van der Waals surface area contributed by atoms with E-state index in [2.05, 4.69) is 33.9 Å². The third-order valence-corrected chi connectivity index (χ3v) is 9.76. The number of aliphatic hydroxyl groups excluding tert-OH is 1. The number of ether oxygens (including phenoxy) is 1. The van der Waals surface area contributed by atoms with Gasteiger partial charge in [-0.05, 0) is 31.0 Å². The minimum atomic E-state index is -1.69. The summed E-state index contributed by atoms with van der Waals surface area (Å²) in [6, 6.07) is 1.49. The predicted molar refractivity (Wildman–Crippen MR) is 108 cm³/mol. The molecule has 0 aliphatic heterocycles. The quantitative estimate of drug-likeness (QED) is 0.345. The van der Waals surface area contributed by atoms with Crippen molar-refractivity contribution in [2.75, 3.05) is 13.7 Å². The molecule has 1 aromatic heterocycles. The summed E-state index contributed by atoms with van der Waals surface area (Å²) in [5.41, 5.74) is -0.883. The Morgan fingerprint density at radius 1 is 1.26 bits per heavy atom. The lowest BCUT2D eigenvalue weighted by atomic mass is 10.1. The summed E-state index contributed by atoms with van der Waals surface area (Å²) in [5, 5.41) is 10.4. The Hall–Kier alpha value is -1.44. The Morgan fingerprint density at radius 2 is 1.93 bits per heavy atom. The fourth-order valence-electron chi connectivity index (χ4n) is 2.44. The lowest BCUT2D eigenvalue weighted by Crippen LogP contribution is -2.40. The SMILES string of the molecule is COc1cc(CC(O)CCCCCO[Si](C)(C)C(C)(C)C)oc(=O)c1C=O. The lowest BCUT2D eigenvalue weighted by Gasteiger charge is -2.36. The molecule has 1 N–H and O–H groups in total. The van der Waals surface area contributed by atoms with E-state index in [1.165, 1.54) is 13.2 Å². The molecule has 0 amide bonds. The van der Waals surface area contributed by atoms with Crippen molar-refractivity contribution in [1.82, 2.24) is 0 Å². The molecule has 27 heavy (non-hydrogen) atoms. The standard InChI is InChI=1S/C20H34O6Si/c1-20(2,3)27(5,6)25-11-9-7-8-10-15(22)12-16-13-18(24-4)17(14-21)19(23)26-16/h13-15,22H,7-12H2,1-6H3. The summed E-state index contributed by atoms with van der Waals surface area (Å²) < 4.78 is 16.3. The van der Waals surface area contributed by atoms with Gasteiger partial charge in [0.1, 0.15) is 17.1 Å². The first kappa shape index (κ1) is 23.6. The highest BCUT2D eigenvalue weighted by Gasteiger charge is 2.36. The van der Waals surface area contributed by atoms with Crippen molar-refractivity contribution < 1.29 is 23.5 Å². The number of hydrogen-bond acceptors (Lipinski definition) is 6. The summed E-state index contributed by atoms with van der Waals surface area (Å²) in [4.78, 5) is 22.6. The van der Waals surface area contributed by atoms with E-state index in [1.54, 1.807) is 0 Å². The molecule has 1 rings (SSSR count). The van der Waals surface area contributed by atoms with Crippen LogP contribution in [-0.2, 0) is 10.8 Å².